The van der Waals surface area contributed by atoms with Gasteiger partial charge in [0.05, 0.1) is 44.5 Å². The van der Waals surface area contributed by atoms with Crippen LogP contribution in [0.1, 0.15) is 37.9 Å². The number of esters is 1. The van der Waals surface area contributed by atoms with Gasteiger partial charge >= 0.3 is 5.97 Å². The Labute approximate surface area is 218 Å². The van der Waals surface area contributed by atoms with Gasteiger partial charge in [-0.1, -0.05) is 29.5 Å². The van der Waals surface area contributed by atoms with Crippen molar-refractivity contribution in [3.05, 3.63) is 99.1 Å². The topological polar surface area (TPSA) is 113 Å². The minimum absolute atomic E-state index is 0.107. The summed E-state index contributed by atoms with van der Waals surface area (Å²) in [5, 5.41) is 11.3. The van der Waals surface area contributed by atoms with Gasteiger partial charge in [-0.25, -0.2) is 9.79 Å². The van der Waals surface area contributed by atoms with E-state index in [9.17, 15) is 19.7 Å². The van der Waals surface area contributed by atoms with Crippen molar-refractivity contribution in [1.82, 2.24) is 4.57 Å². The van der Waals surface area contributed by atoms with E-state index in [1.165, 1.54) is 10.6 Å². The summed E-state index contributed by atoms with van der Waals surface area (Å²) in [4.78, 5) is 42.4. The Bertz CT molecular complexity index is 1560. The number of hydrogen-bond donors (Lipinski definition) is 0. The summed E-state index contributed by atoms with van der Waals surface area (Å²) in [6.07, 6.45) is 1.59. The number of nitro benzene ring substituents is 1. The molecule has 4 rings (SSSR count). The monoisotopic (exact) mass is 571 g/mol. The molecule has 0 saturated heterocycles. The van der Waals surface area contributed by atoms with Crippen LogP contribution in [0.4, 0.5) is 5.69 Å². The first kappa shape index (κ1) is 25.5. The zero-order valence-electron chi connectivity index (χ0n) is 19.7. The second kappa shape index (κ2) is 10.6. The lowest BCUT2D eigenvalue weighted by Crippen LogP contribution is -2.39. The van der Waals surface area contributed by atoms with Crippen LogP contribution in [0.5, 0.6) is 5.75 Å². The molecule has 0 aliphatic carbocycles. The molecule has 1 aliphatic heterocycles. The van der Waals surface area contributed by atoms with Crippen LogP contribution in [0.3, 0.4) is 0 Å². The van der Waals surface area contributed by atoms with Crippen molar-refractivity contribution < 1.29 is 19.2 Å². The fraction of sp³-hybridized carbons (Fsp3) is 0.240. The quantitative estimate of drug-likeness (QED) is 0.241. The summed E-state index contributed by atoms with van der Waals surface area (Å²) in [5.41, 5.74) is 1.46. The van der Waals surface area contributed by atoms with Crippen molar-refractivity contribution in [3.8, 4) is 5.75 Å². The largest absolute Gasteiger partial charge is 0.494 e. The molecule has 186 valence electrons. The average Bonchev–Trinajstić information content (AvgIpc) is 3.14. The highest BCUT2D eigenvalue weighted by atomic mass is 79.9. The van der Waals surface area contributed by atoms with Gasteiger partial charge in [-0.15, -0.1) is 0 Å². The predicted molar refractivity (Wildman–Crippen MR) is 139 cm³/mol. The first-order valence-electron chi connectivity index (χ1n) is 11.1. The van der Waals surface area contributed by atoms with Crippen LogP contribution >= 0.6 is 27.3 Å². The average molecular weight is 572 g/mol. The predicted octanol–water partition coefficient (Wildman–Crippen LogP) is 3.87. The number of carbonyl (C=O) groups is 1. The summed E-state index contributed by atoms with van der Waals surface area (Å²) in [6, 6.07) is 11.1. The van der Waals surface area contributed by atoms with E-state index in [0.717, 1.165) is 11.3 Å². The maximum absolute atomic E-state index is 13.6. The molecule has 36 heavy (non-hydrogen) atoms. The highest BCUT2D eigenvalue weighted by Gasteiger charge is 2.33. The van der Waals surface area contributed by atoms with Gasteiger partial charge in [0.25, 0.3) is 11.2 Å². The van der Waals surface area contributed by atoms with Crippen LogP contribution < -0.4 is 19.6 Å². The van der Waals surface area contributed by atoms with Crippen LogP contribution in [-0.2, 0) is 9.53 Å². The Hall–Kier alpha value is -3.57. The highest BCUT2D eigenvalue weighted by molar-refractivity contribution is 9.10. The minimum Gasteiger partial charge on any atom is -0.494 e. The third-order valence-corrected chi connectivity index (χ3v) is 7.14. The van der Waals surface area contributed by atoms with Gasteiger partial charge in [-0.3, -0.25) is 19.5 Å². The first-order valence-corrected chi connectivity index (χ1v) is 12.7. The summed E-state index contributed by atoms with van der Waals surface area (Å²) in [5.74, 6) is 0.124. The molecule has 0 fully saturated rings. The number of thiazole rings is 1. The van der Waals surface area contributed by atoms with Crippen LogP contribution in [0, 0.1) is 10.1 Å². The van der Waals surface area contributed by atoms with E-state index in [-0.39, 0.29) is 23.4 Å². The molecule has 2 heterocycles. The van der Waals surface area contributed by atoms with E-state index in [0.29, 0.717) is 43.0 Å². The van der Waals surface area contributed by atoms with Gasteiger partial charge in [-0.2, -0.15) is 0 Å². The molecule has 9 nitrogen and oxygen atoms in total. The first-order chi connectivity index (χ1) is 17.2. The van der Waals surface area contributed by atoms with Gasteiger partial charge < -0.3 is 9.47 Å². The number of benzene rings is 2. The molecule has 0 bridgehead atoms. The van der Waals surface area contributed by atoms with Crippen LogP contribution in [0.15, 0.2) is 68.0 Å². The summed E-state index contributed by atoms with van der Waals surface area (Å²) >= 11 is 4.32. The Morgan fingerprint density at radius 2 is 1.94 bits per heavy atom. The standard InChI is InChI=1S/C25H22BrN3O6S/c1-4-34-17-9-7-16(8-10-17)22-21(24(31)35-5-2)14(3)27-25-28(22)23(30)20(36-25)13-15-6-11-18(26)19(12-15)29(32)33/h6-13,22H,4-5H2,1-3H3/b20-13+/t22-/m1/s1. The number of nitrogens with zero attached hydrogens (tertiary/aromatic N) is 3. The van der Waals surface area contributed by atoms with E-state index < -0.39 is 16.9 Å². The fourth-order valence-corrected chi connectivity index (χ4v) is 5.37. The summed E-state index contributed by atoms with van der Waals surface area (Å²) in [7, 11) is 0. The maximum atomic E-state index is 13.6. The van der Waals surface area contributed by atoms with Gasteiger partial charge in [0, 0.05) is 6.07 Å². The number of ether oxygens (including phenoxy) is 2. The number of aromatic nitrogens is 1. The van der Waals surface area contributed by atoms with E-state index in [4.69, 9.17) is 9.47 Å². The van der Waals surface area contributed by atoms with Crippen molar-refractivity contribution in [3.63, 3.8) is 0 Å². The molecule has 0 spiro atoms. The van der Waals surface area contributed by atoms with Gasteiger partial charge in [-0.05, 0) is 72.1 Å². The Morgan fingerprint density at radius 1 is 1.22 bits per heavy atom. The molecule has 2 aromatic carbocycles. The molecule has 11 heteroatoms. The molecule has 0 unspecified atom stereocenters. The summed E-state index contributed by atoms with van der Waals surface area (Å²) in [6.45, 7) is 6.00. The molecular weight excluding hydrogens is 550 g/mol. The van der Waals surface area contributed by atoms with Gasteiger partial charge in [0.2, 0.25) is 0 Å². The number of nitro groups is 1. The van der Waals surface area contributed by atoms with Crippen molar-refractivity contribution in [2.24, 2.45) is 4.99 Å². The number of carbonyl (C=O) groups excluding carboxylic acids is 1. The van der Waals surface area contributed by atoms with E-state index in [2.05, 4.69) is 20.9 Å². The van der Waals surface area contributed by atoms with Crippen molar-refractivity contribution in [2.45, 2.75) is 26.8 Å². The Kier molecular flexibility index (Phi) is 7.51. The van der Waals surface area contributed by atoms with Gasteiger partial charge in [0.1, 0.15) is 5.75 Å². The zero-order chi connectivity index (χ0) is 26.0. The summed E-state index contributed by atoms with van der Waals surface area (Å²) < 4.78 is 13.0. The smallest absolute Gasteiger partial charge is 0.338 e. The highest BCUT2D eigenvalue weighted by Crippen LogP contribution is 2.32. The Morgan fingerprint density at radius 3 is 2.58 bits per heavy atom. The van der Waals surface area contributed by atoms with Crippen LogP contribution in [-0.4, -0.2) is 28.7 Å². The van der Waals surface area contributed by atoms with E-state index >= 15 is 0 Å². The lowest BCUT2D eigenvalue weighted by atomic mass is 9.96. The molecule has 1 aliphatic rings. The van der Waals surface area contributed by atoms with Crippen molar-refractivity contribution in [2.75, 3.05) is 13.2 Å². The second-order valence-electron chi connectivity index (χ2n) is 7.77. The van der Waals surface area contributed by atoms with Gasteiger partial charge in [0.15, 0.2) is 4.80 Å². The minimum atomic E-state index is -0.752. The molecule has 3 aromatic rings. The number of rotatable bonds is 7. The molecule has 1 atom stereocenters. The SMILES string of the molecule is CCOC(=O)C1=C(C)N=c2s/c(=C/c3ccc(Br)c([N+](=O)[O-])c3)c(=O)n2[C@@H]1c1ccc(OCC)cc1. The number of hydrogen-bond acceptors (Lipinski definition) is 8. The molecule has 1 aromatic heterocycles. The zero-order valence-corrected chi connectivity index (χ0v) is 22.1. The molecule has 0 radical (unpaired) electrons. The number of allylic oxidation sites excluding steroid dienone is 1. The number of fused-ring (bicyclic) bond motifs is 1. The molecule has 0 N–H and O–H groups in total. The van der Waals surface area contributed by atoms with E-state index in [1.807, 2.05) is 19.1 Å². The second-order valence-corrected chi connectivity index (χ2v) is 9.64. The Balaban J connectivity index is 1.91. The maximum Gasteiger partial charge on any atom is 0.338 e. The molecular formula is C25H22BrN3O6S. The molecule has 0 saturated carbocycles. The lowest BCUT2D eigenvalue weighted by Gasteiger charge is -2.24. The lowest BCUT2D eigenvalue weighted by molar-refractivity contribution is -0.385. The number of halogens is 1. The third kappa shape index (κ3) is 4.89. The van der Waals surface area contributed by atoms with Crippen molar-refractivity contribution in [1.29, 1.82) is 0 Å². The normalized spacial score (nSPS) is 15.3. The molecule has 0 amide bonds. The fourth-order valence-electron chi connectivity index (χ4n) is 3.93. The van der Waals surface area contributed by atoms with Crippen LogP contribution in [0.2, 0.25) is 0 Å². The third-order valence-electron chi connectivity index (χ3n) is 5.49. The van der Waals surface area contributed by atoms with E-state index in [1.54, 1.807) is 44.2 Å². The van der Waals surface area contributed by atoms with Crippen LogP contribution in [0.25, 0.3) is 6.08 Å². The van der Waals surface area contributed by atoms with Crippen molar-refractivity contribution >= 4 is 45.0 Å².